The van der Waals surface area contributed by atoms with Crippen LogP contribution in [0.25, 0.3) is 0 Å². The van der Waals surface area contributed by atoms with E-state index in [9.17, 15) is 18.0 Å². The fraction of sp³-hybridized carbons (Fsp3) is 0.105. The summed E-state index contributed by atoms with van der Waals surface area (Å²) in [6.45, 7) is 0. The molecule has 1 aromatic heterocycles. The standard InChI is InChI=1S/C19H13ClF3N3O/c20-14-7-4-8-15(10-14)25-18-24-11-13(17(26-18)19(21,22)23)9-16(27)12-5-2-1-3-6-12/h1-8,10-11H,9H2,(H,24,25,26). The molecule has 1 heterocycles. The first-order valence-electron chi connectivity index (χ1n) is 7.87. The van der Waals surface area contributed by atoms with E-state index >= 15 is 0 Å². The molecule has 27 heavy (non-hydrogen) atoms. The van der Waals surface area contributed by atoms with Gasteiger partial charge in [0, 0.05) is 34.5 Å². The van der Waals surface area contributed by atoms with Crippen molar-refractivity contribution in [3.05, 3.63) is 82.6 Å². The van der Waals surface area contributed by atoms with Crippen LogP contribution in [0.15, 0.2) is 60.8 Å². The average Bonchev–Trinajstić information content (AvgIpc) is 2.63. The monoisotopic (exact) mass is 391 g/mol. The summed E-state index contributed by atoms with van der Waals surface area (Å²) in [6.07, 6.45) is -4.15. The number of carbonyl (C=O) groups excluding carboxylic acids is 1. The van der Waals surface area contributed by atoms with Gasteiger partial charge in [0.1, 0.15) is 0 Å². The molecule has 0 fully saturated rings. The van der Waals surface area contributed by atoms with Crippen molar-refractivity contribution in [1.29, 1.82) is 0 Å². The summed E-state index contributed by atoms with van der Waals surface area (Å²) in [5.74, 6) is -0.680. The molecule has 0 radical (unpaired) electrons. The lowest BCUT2D eigenvalue weighted by atomic mass is 10.0. The van der Waals surface area contributed by atoms with Gasteiger partial charge in [-0.2, -0.15) is 13.2 Å². The molecule has 3 aromatic rings. The number of aromatic nitrogens is 2. The summed E-state index contributed by atoms with van der Waals surface area (Å²) in [6, 6.07) is 14.5. The Labute approximate surface area is 158 Å². The molecular formula is C19H13ClF3N3O. The number of hydrogen-bond acceptors (Lipinski definition) is 4. The minimum absolute atomic E-state index is 0.236. The van der Waals surface area contributed by atoms with Gasteiger partial charge >= 0.3 is 6.18 Å². The Morgan fingerprint density at radius 3 is 2.48 bits per heavy atom. The molecule has 0 saturated heterocycles. The highest BCUT2D eigenvalue weighted by Crippen LogP contribution is 2.32. The van der Waals surface area contributed by atoms with Gasteiger partial charge in [0.05, 0.1) is 0 Å². The lowest BCUT2D eigenvalue weighted by Gasteiger charge is -2.13. The predicted molar refractivity (Wildman–Crippen MR) is 96.2 cm³/mol. The summed E-state index contributed by atoms with van der Waals surface area (Å²) in [7, 11) is 0. The molecule has 0 atom stereocenters. The minimum atomic E-state index is -4.72. The molecule has 4 nitrogen and oxygen atoms in total. The number of anilines is 2. The maximum Gasteiger partial charge on any atom is 0.433 e. The van der Waals surface area contributed by atoms with Crippen LogP contribution in [0, 0.1) is 0 Å². The SMILES string of the molecule is O=C(Cc1cnc(Nc2cccc(Cl)c2)nc1C(F)(F)F)c1ccccc1. The van der Waals surface area contributed by atoms with Gasteiger partial charge in [-0.25, -0.2) is 9.97 Å². The second-order valence-electron chi connectivity index (χ2n) is 5.67. The van der Waals surface area contributed by atoms with E-state index in [4.69, 9.17) is 11.6 Å². The van der Waals surface area contributed by atoms with E-state index in [0.717, 1.165) is 6.20 Å². The van der Waals surface area contributed by atoms with Crippen LogP contribution < -0.4 is 5.32 Å². The third-order valence-corrected chi connectivity index (χ3v) is 3.90. The van der Waals surface area contributed by atoms with E-state index in [1.807, 2.05) is 0 Å². The van der Waals surface area contributed by atoms with Gasteiger partial charge in [0.15, 0.2) is 11.5 Å². The van der Waals surface area contributed by atoms with Crippen molar-refractivity contribution >= 4 is 29.0 Å². The number of hydrogen-bond donors (Lipinski definition) is 1. The Bertz CT molecular complexity index is 962. The molecule has 0 bridgehead atoms. The van der Waals surface area contributed by atoms with Crippen LogP contribution in [-0.2, 0) is 12.6 Å². The zero-order valence-electron chi connectivity index (χ0n) is 13.8. The summed E-state index contributed by atoms with van der Waals surface area (Å²) in [4.78, 5) is 19.7. The number of benzene rings is 2. The minimum Gasteiger partial charge on any atom is -0.324 e. The molecule has 0 unspecified atom stereocenters. The van der Waals surface area contributed by atoms with Crippen LogP contribution in [0.5, 0.6) is 0 Å². The van der Waals surface area contributed by atoms with Crippen molar-refractivity contribution in [3.8, 4) is 0 Å². The van der Waals surface area contributed by atoms with Crippen molar-refractivity contribution in [3.63, 3.8) is 0 Å². The van der Waals surface area contributed by atoms with Gasteiger partial charge in [0.2, 0.25) is 5.95 Å². The van der Waals surface area contributed by atoms with Gasteiger partial charge < -0.3 is 5.32 Å². The molecule has 2 aromatic carbocycles. The molecule has 138 valence electrons. The number of ketones is 1. The maximum absolute atomic E-state index is 13.4. The van der Waals surface area contributed by atoms with Gasteiger partial charge in [-0.3, -0.25) is 4.79 Å². The lowest BCUT2D eigenvalue weighted by Crippen LogP contribution is -2.17. The number of nitrogens with one attached hydrogen (secondary N) is 1. The van der Waals surface area contributed by atoms with E-state index in [-0.39, 0.29) is 11.5 Å². The summed E-state index contributed by atoms with van der Waals surface area (Å²) < 4.78 is 40.3. The van der Waals surface area contributed by atoms with Crippen LogP contribution in [0.1, 0.15) is 21.6 Å². The van der Waals surface area contributed by atoms with Crippen LogP contribution >= 0.6 is 11.6 Å². The Morgan fingerprint density at radius 1 is 1.07 bits per heavy atom. The normalized spacial score (nSPS) is 11.3. The number of alkyl halides is 3. The molecule has 1 N–H and O–H groups in total. The Kier molecular flexibility index (Phi) is 5.41. The second-order valence-corrected chi connectivity index (χ2v) is 6.10. The van der Waals surface area contributed by atoms with E-state index in [0.29, 0.717) is 16.3 Å². The smallest absolute Gasteiger partial charge is 0.324 e. The number of Topliss-reactive ketones (excluding diaryl/α,β-unsaturated/α-hetero) is 1. The topological polar surface area (TPSA) is 54.9 Å². The van der Waals surface area contributed by atoms with Crippen LogP contribution in [0.3, 0.4) is 0 Å². The molecule has 0 spiro atoms. The third kappa shape index (κ3) is 4.83. The summed E-state index contributed by atoms with van der Waals surface area (Å²) in [5, 5.41) is 3.10. The number of carbonyl (C=O) groups is 1. The highest BCUT2D eigenvalue weighted by molar-refractivity contribution is 6.30. The molecule has 0 aliphatic carbocycles. The quantitative estimate of drug-likeness (QED) is 0.598. The first-order valence-corrected chi connectivity index (χ1v) is 8.24. The van der Waals surface area contributed by atoms with Gasteiger partial charge in [0.25, 0.3) is 0 Å². The van der Waals surface area contributed by atoms with Gasteiger partial charge in [-0.1, -0.05) is 48.0 Å². The molecule has 0 aliphatic heterocycles. The van der Waals surface area contributed by atoms with Crippen molar-refractivity contribution < 1.29 is 18.0 Å². The van der Waals surface area contributed by atoms with Crippen LogP contribution in [-0.4, -0.2) is 15.8 Å². The highest BCUT2D eigenvalue weighted by atomic mass is 35.5. The van der Waals surface area contributed by atoms with Gasteiger partial charge in [-0.05, 0) is 18.2 Å². The largest absolute Gasteiger partial charge is 0.433 e. The summed E-state index contributed by atoms with van der Waals surface area (Å²) >= 11 is 5.86. The van der Waals surface area contributed by atoms with E-state index < -0.39 is 24.1 Å². The maximum atomic E-state index is 13.4. The van der Waals surface area contributed by atoms with Crippen molar-refractivity contribution in [2.75, 3.05) is 5.32 Å². The molecule has 0 amide bonds. The fourth-order valence-electron chi connectivity index (χ4n) is 2.44. The van der Waals surface area contributed by atoms with E-state index in [2.05, 4.69) is 15.3 Å². The predicted octanol–water partition coefficient (Wildman–Crippen LogP) is 5.32. The molecule has 0 saturated carbocycles. The number of halogens is 4. The zero-order valence-corrected chi connectivity index (χ0v) is 14.6. The van der Waals surface area contributed by atoms with E-state index in [1.54, 1.807) is 48.5 Å². The van der Waals surface area contributed by atoms with Gasteiger partial charge in [-0.15, -0.1) is 0 Å². The fourth-order valence-corrected chi connectivity index (χ4v) is 2.63. The Balaban J connectivity index is 1.89. The number of nitrogens with zero attached hydrogens (tertiary/aromatic N) is 2. The number of rotatable bonds is 5. The molecule has 8 heteroatoms. The average molecular weight is 392 g/mol. The molecule has 0 aliphatic rings. The molecular weight excluding hydrogens is 379 g/mol. The van der Waals surface area contributed by atoms with Crippen LogP contribution in [0.2, 0.25) is 5.02 Å². The first-order chi connectivity index (χ1) is 12.8. The Hall–Kier alpha value is -2.93. The molecule has 3 rings (SSSR count). The van der Waals surface area contributed by atoms with Crippen molar-refractivity contribution in [2.24, 2.45) is 0 Å². The van der Waals surface area contributed by atoms with Crippen LogP contribution in [0.4, 0.5) is 24.8 Å². The lowest BCUT2D eigenvalue weighted by molar-refractivity contribution is -0.141. The third-order valence-electron chi connectivity index (χ3n) is 3.66. The highest BCUT2D eigenvalue weighted by Gasteiger charge is 2.36. The second kappa shape index (κ2) is 7.75. The zero-order chi connectivity index (χ0) is 19.4. The van der Waals surface area contributed by atoms with E-state index in [1.165, 1.54) is 6.07 Å². The van der Waals surface area contributed by atoms with Crippen molar-refractivity contribution in [1.82, 2.24) is 9.97 Å². The van der Waals surface area contributed by atoms with Crippen molar-refractivity contribution in [2.45, 2.75) is 12.6 Å². The Morgan fingerprint density at radius 2 is 1.81 bits per heavy atom. The first kappa shape index (κ1) is 18.8. The summed E-state index contributed by atoms with van der Waals surface area (Å²) in [5.41, 5.74) is -0.658.